The van der Waals surface area contributed by atoms with E-state index < -0.39 is 0 Å². The summed E-state index contributed by atoms with van der Waals surface area (Å²) < 4.78 is 11.3. The molecule has 4 aromatic rings. The van der Waals surface area contributed by atoms with Crippen LogP contribution in [0.15, 0.2) is 59.3 Å². The number of hydrogen-bond donors (Lipinski definition) is 2. The van der Waals surface area contributed by atoms with Crippen LogP contribution in [0.3, 0.4) is 0 Å². The summed E-state index contributed by atoms with van der Waals surface area (Å²) in [5, 5.41) is 15.3. The number of rotatable bonds is 5. The first-order chi connectivity index (χ1) is 13.6. The summed E-state index contributed by atoms with van der Waals surface area (Å²) in [6.45, 7) is 0. The van der Waals surface area contributed by atoms with Gasteiger partial charge >= 0.3 is 0 Å². The summed E-state index contributed by atoms with van der Waals surface area (Å²) in [5.74, 6) is 0.760. The molecule has 0 radical (unpaired) electrons. The van der Waals surface area contributed by atoms with Crippen LogP contribution >= 0.6 is 11.6 Å². The number of hydrogen-bond acceptors (Lipinski definition) is 7. The highest BCUT2D eigenvalue weighted by molar-refractivity contribution is 6.30. The van der Waals surface area contributed by atoms with Crippen molar-refractivity contribution in [2.45, 2.75) is 0 Å². The van der Waals surface area contributed by atoms with E-state index in [1.54, 1.807) is 24.3 Å². The van der Waals surface area contributed by atoms with E-state index in [1.165, 1.54) is 25.6 Å². The lowest BCUT2D eigenvalue weighted by atomic mass is 10.3. The number of pyridine rings is 1. The van der Waals surface area contributed by atoms with Gasteiger partial charge in [0.2, 0.25) is 5.58 Å². The Hall–Kier alpha value is -3.65. The summed E-state index contributed by atoms with van der Waals surface area (Å²) in [4.78, 5) is 15.7. The maximum absolute atomic E-state index is 11.7. The minimum Gasteiger partial charge on any atom is -0.458 e. The normalized spacial score (nSPS) is 10.6. The molecule has 3 heterocycles. The van der Waals surface area contributed by atoms with Crippen LogP contribution in [-0.4, -0.2) is 28.1 Å². The largest absolute Gasteiger partial charge is 0.458 e. The van der Waals surface area contributed by atoms with E-state index in [1.807, 2.05) is 12.1 Å². The Kier molecular flexibility index (Phi) is 4.77. The Morgan fingerprint density at radius 2 is 1.96 bits per heavy atom. The van der Waals surface area contributed by atoms with Crippen molar-refractivity contribution in [2.24, 2.45) is 0 Å². The van der Waals surface area contributed by atoms with Crippen molar-refractivity contribution in [1.29, 1.82) is 0 Å². The third-order valence-electron chi connectivity index (χ3n) is 3.87. The zero-order valence-corrected chi connectivity index (χ0v) is 15.4. The van der Waals surface area contributed by atoms with Gasteiger partial charge < -0.3 is 19.8 Å². The Balaban J connectivity index is 1.64. The summed E-state index contributed by atoms with van der Waals surface area (Å²) in [5.41, 5.74) is 1.45. The Labute approximate surface area is 164 Å². The molecule has 0 unspecified atom stereocenters. The van der Waals surface area contributed by atoms with E-state index in [0.717, 1.165) is 5.69 Å². The number of aromatic nitrogens is 3. The zero-order chi connectivity index (χ0) is 19.5. The van der Waals surface area contributed by atoms with Crippen LogP contribution in [0.5, 0.6) is 11.6 Å². The first-order valence-corrected chi connectivity index (χ1v) is 8.64. The molecule has 0 saturated carbocycles. The topological polar surface area (TPSA) is 102 Å². The molecule has 0 fully saturated rings. The maximum atomic E-state index is 11.7. The first-order valence-electron chi connectivity index (χ1n) is 8.26. The monoisotopic (exact) mass is 395 g/mol. The van der Waals surface area contributed by atoms with Gasteiger partial charge in [0.05, 0.1) is 11.6 Å². The maximum Gasteiger partial charge on any atom is 0.283 e. The van der Waals surface area contributed by atoms with Crippen LogP contribution in [0.1, 0.15) is 10.5 Å². The number of carbonyl (C=O) groups is 1. The molecule has 8 nitrogen and oxygen atoms in total. The third kappa shape index (κ3) is 3.58. The number of benzene rings is 1. The number of furan rings is 1. The fraction of sp³-hybridized carbons (Fsp3) is 0.0526. The Morgan fingerprint density at radius 3 is 2.75 bits per heavy atom. The number of anilines is 2. The molecule has 4 rings (SSSR count). The van der Waals surface area contributed by atoms with E-state index in [-0.39, 0.29) is 17.5 Å². The molecular formula is C19H14ClN5O3. The van der Waals surface area contributed by atoms with Gasteiger partial charge in [-0.15, -0.1) is 10.2 Å². The highest BCUT2D eigenvalue weighted by atomic mass is 35.5. The highest BCUT2D eigenvalue weighted by Gasteiger charge is 2.15. The van der Waals surface area contributed by atoms with Crippen molar-refractivity contribution in [3.05, 3.63) is 65.6 Å². The molecule has 3 aromatic heterocycles. The van der Waals surface area contributed by atoms with E-state index in [4.69, 9.17) is 20.8 Å². The minimum absolute atomic E-state index is 0.177. The van der Waals surface area contributed by atoms with E-state index in [0.29, 0.717) is 27.6 Å². The average molecular weight is 396 g/mol. The molecule has 0 aliphatic rings. The summed E-state index contributed by atoms with van der Waals surface area (Å²) in [6.07, 6.45) is 3.00. The predicted molar refractivity (Wildman–Crippen MR) is 104 cm³/mol. The second-order valence-electron chi connectivity index (χ2n) is 5.71. The second-order valence-corrected chi connectivity index (χ2v) is 6.14. The molecule has 9 heteroatoms. The summed E-state index contributed by atoms with van der Waals surface area (Å²) in [6, 6.07) is 12.1. The van der Waals surface area contributed by atoms with Crippen molar-refractivity contribution in [2.75, 3.05) is 12.4 Å². The number of ether oxygens (including phenoxy) is 1. The van der Waals surface area contributed by atoms with Crippen LogP contribution in [0, 0.1) is 0 Å². The van der Waals surface area contributed by atoms with Crippen LogP contribution in [0.4, 0.5) is 11.5 Å². The van der Waals surface area contributed by atoms with Crippen LogP contribution < -0.4 is 15.4 Å². The summed E-state index contributed by atoms with van der Waals surface area (Å²) in [7, 11) is 1.53. The molecule has 1 aromatic carbocycles. The first kappa shape index (κ1) is 17.7. The Bertz CT molecular complexity index is 1140. The number of halogens is 1. The molecule has 2 N–H and O–H groups in total. The quantitative estimate of drug-likeness (QED) is 0.522. The number of amides is 1. The average Bonchev–Trinajstić information content (AvgIpc) is 3.22. The zero-order valence-electron chi connectivity index (χ0n) is 14.6. The van der Waals surface area contributed by atoms with Crippen molar-refractivity contribution in [3.8, 4) is 11.6 Å². The van der Waals surface area contributed by atoms with Crippen LogP contribution in [0.2, 0.25) is 5.02 Å². The van der Waals surface area contributed by atoms with Gasteiger partial charge in [-0.05, 0) is 36.4 Å². The molecule has 0 saturated heterocycles. The fourth-order valence-corrected chi connectivity index (χ4v) is 2.65. The van der Waals surface area contributed by atoms with Crippen molar-refractivity contribution in [3.63, 3.8) is 0 Å². The van der Waals surface area contributed by atoms with Crippen LogP contribution in [-0.2, 0) is 0 Å². The molecule has 0 bridgehead atoms. The molecule has 0 aliphatic heterocycles. The minimum atomic E-state index is -0.317. The van der Waals surface area contributed by atoms with E-state index in [2.05, 4.69) is 25.8 Å². The van der Waals surface area contributed by atoms with E-state index >= 15 is 0 Å². The number of fused-ring (bicyclic) bond motifs is 1. The van der Waals surface area contributed by atoms with Gasteiger partial charge in [-0.3, -0.25) is 9.78 Å². The molecule has 1 amide bonds. The van der Waals surface area contributed by atoms with Gasteiger partial charge in [-0.25, -0.2) is 0 Å². The number of nitrogens with zero attached hydrogens (tertiary/aromatic N) is 3. The van der Waals surface area contributed by atoms with Gasteiger partial charge in [0.15, 0.2) is 5.82 Å². The van der Waals surface area contributed by atoms with E-state index in [9.17, 15) is 4.79 Å². The second kappa shape index (κ2) is 7.53. The summed E-state index contributed by atoms with van der Waals surface area (Å²) >= 11 is 5.91. The molecule has 0 aliphatic carbocycles. The van der Waals surface area contributed by atoms with Crippen molar-refractivity contribution in [1.82, 2.24) is 20.5 Å². The molecule has 0 spiro atoms. The fourth-order valence-electron chi connectivity index (χ4n) is 2.52. The standard InChI is InChI=1S/C19H14ClN5O3/c1-21-18(26)15-10-13(6-8-22-15)28-19-16-14(7-9-27-16)17(24-25-19)23-12-4-2-11(20)3-5-12/h2-10H,1H3,(H,21,26)(H,23,24). The molecule has 0 atom stereocenters. The lowest BCUT2D eigenvalue weighted by molar-refractivity contribution is 0.0958. The van der Waals surface area contributed by atoms with Gasteiger partial charge in [0.1, 0.15) is 11.4 Å². The lowest BCUT2D eigenvalue weighted by Crippen LogP contribution is -2.18. The molecule has 140 valence electrons. The van der Waals surface area contributed by atoms with Gasteiger partial charge in [-0.2, -0.15) is 0 Å². The predicted octanol–water partition coefficient (Wildman–Crippen LogP) is 4.17. The van der Waals surface area contributed by atoms with Gasteiger partial charge in [-0.1, -0.05) is 11.6 Å². The lowest BCUT2D eigenvalue weighted by Gasteiger charge is -2.09. The molecular weight excluding hydrogens is 382 g/mol. The van der Waals surface area contributed by atoms with Gasteiger partial charge in [0.25, 0.3) is 11.8 Å². The third-order valence-corrected chi connectivity index (χ3v) is 4.12. The van der Waals surface area contributed by atoms with Crippen molar-refractivity contribution >= 4 is 40.0 Å². The van der Waals surface area contributed by atoms with Gasteiger partial charge in [0, 0.05) is 30.0 Å². The van der Waals surface area contributed by atoms with Crippen molar-refractivity contribution < 1.29 is 13.9 Å². The number of nitrogens with one attached hydrogen (secondary N) is 2. The molecule has 28 heavy (non-hydrogen) atoms. The SMILES string of the molecule is CNC(=O)c1cc(Oc2nnc(Nc3ccc(Cl)cc3)c3ccoc23)ccn1. The Morgan fingerprint density at radius 1 is 1.14 bits per heavy atom. The highest BCUT2D eigenvalue weighted by Crippen LogP contribution is 2.33. The number of carbonyl (C=O) groups excluding carboxylic acids is 1. The smallest absolute Gasteiger partial charge is 0.283 e. The van der Waals surface area contributed by atoms with Crippen LogP contribution in [0.25, 0.3) is 11.0 Å².